The molecule has 1 unspecified atom stereocenters. The van der Waals surface area contributed by atoms with E-state index in [-0.39, 0.29) is 30.1 Å². The Hall–Kier alpha value is -1.87. The van der Waals surface area contributed by atoms with Crippen molar-refractivity contribution in [3.05, 3.63) is 58.9 Å². The maximum Gasteiger partial charge on any atom is 0.191 e. The average molecular weight is 524 g/mol. The van der Waals surface area contributed by atoms with Crippen LogP contribution in [0.2, 0.25) is 0 Å². The number of aliphatic imine (C=N–C) groups is 1. The van der Waals surface area contributed by atoms with Crippen molar-refractivity contribution in [2.24, 2.45) is 4.99 Å². The molecule has 0 radical (unpaired) electrons. The molecule has 2 N–H and O–H groups in total. The van der Waals surface area contributed by atoms with E-state index < -0.39 is 0 Å². The van der Waals surface area contributed by atoms with Gasteiger partial charge in [-0.05, 0) is 50.5 Å². The van der Waals surface area contributed by atoms with E-state index in [0.717, 1.165) is 55.5 Å². The lowest BCUT2D eigenvalue weighted by molar-refractivity contribution is 0.140. The summed E-state index contributed by atoms with van der Waals surface area (Å²) in [6, 6.07) is 10.5. The van der Waals surface area contributed by atoms with E-state index in [2.05, 4.69) is 53.7 Å². The molecule has 1 aromatic heterocycles. The zero-order valence-electron chi connectivity index (χ0n) is 18.1. The van der Waals surface area contributed by atoms with E-state index in [4.69, 9.17) is 14.5 Å². The quantitative estimate of drug-likeness (QED) is 0.313. The SMILES string of the molecule is CCNC(=NCc1ccc(C)cc1OC1CCOC1)NCCc1ccc(C)nc1.I. The first-order chi connectivity index (χ1) is 14.1. The van der Waals surface area contributed by atoms with E-state index in [0.29, 0.717) is 13.2 Å². The summed E-state index contributed by atoms with van der Waals surface area (Å²) in [4.78, 5) is 9.11. The fraction of sp³-hybridized carbons (Fsp3) is 0.478. The van der Waals surface area contributed by atoms with Crippen LogP contribution < -0.4 is 15.4 Å². The molecule has 0 spiro atoms. The zero-order valence-corrected chi connectivity index (χ0v) is 20.4. The Morgan fingerprint density at radius 1 is 1.23 bits per heavy atom. The Labute approximate surface area is 196 Å². The monoisotopic (exact) mass is 524 g/mol. The van der Waals surface area contributed by atoms with Crippen LogP contribution in [0.15, 0.2) is 41.5 Å². The van der Waals surface area contributed by atoms with Gasteiger partial charge in [-0.2, -0.15) is 0 Å². The third kappa shape index (κ3) is 7.75. The van der Waals surface area contributed by atoms with Crippen molar-refractivity contribution in [1.29, 1.82) is 0 Å². The smallest absolute Gasteiger partial charge is 0.191 e. The van der Waals surface area contributed by atoms with E-state index in [1.165, 1.54) is 11.1 Å². The van der Waals surface area contributed by atoms with Gasteiger partial charge in [-0.25, -0.2) is 4.99 Å². The fourth-order valence-corrected chi connectivity index (χ4v) is 3.17. The number of halogens is 1. The number of hydrogen-bond donors (Lipinski definition) is 2. The van der Waals surface area contributed by atoms with Gasteiger partial charge in [0.1, 0.15) is 11.9 Å². The molecule has 0 saturated carbocycles. The minimum atomic E-state index is 0. The van der Waals surface area contributed by atoms with Crippen LogP contribution in [0.25, 0.3) is 0 Å². The second-order valence-electron chi connectivity index (χ2n) is 7.39. The number of aromatic nitrogens is 1. The lowest BCUT2D eigenvalue weighted by atomic mass is 10.1. The van der Waals surface area contributed by atoms with Crippen molar-refractivity contribution in [2.75, 3.05) is 26.3 Å². The molecule has 1 aliphatic rings. The summed E-state index contributed by atoms with van der Waals surface area (Å²) in [6.07, 6.45) is 3.91. The van der Waals surface area contributed by atoms with Gasteiger partial charge in [-0.15, -0.1) is 24.0 Å². The van der Waals surface area contributed by atoms with E-state index in [1.54, 1.807) is 0 Å². The largest absolute Gasteiger partial charge is 0.488 e. The Morgan fingerprint density at radius 2 is 2.10 bits per heavy atom. The van der Waals surface area contributed by atoms with Crippen LogP contribution in [-0.2, 0) is 17.7 Å². The molecule has 3 rings (SSSR count). The van der Waals surface area contributed by atoms with Crippen LogP contribution in [-0.4, -0.2) is 43.4 Å². The van der Waals surface area contributed by atoms with Gasteiger partial charge in [0.25, 0.3) is 0 Å². The van der Waals surface area contributed by atoms with Crippen molar-refractivity contribution in [3.63, 3.8) is 0 Å². The summed E-state index contributed by atoms with van der Waals surface area (Å²) in [5.41, 5.74) is 4.52. The van der Waals surface area contributed by atoms with Gasteiger partial charge in [-0.1, -0.05) is 18.2 Å². The van der Waals surface area contributed by atoms with Crippen LogP contribution in [0.3, 0.4) is 0 Å². The normalized spacial score (nSPS) is 16.1. The number of hydrogen-bond acceptors (Lipinski definition) is 4. The Bertz CT molecular complexity index is 805. The third-order valence-electron chi connectivity index (χ3n) is 4.83. The standard InChI is InChI=1S/C23H32N4O2.HI/c1-4-24-23(25-11-9-19-7-6-18(3)26-14-19)27-15-20-8-5-17(2)13-22(20)29-21-10-12-28-16-21;/h5-8,13-14,21H,4,9-12,15-16H2,1-3H3,(H2,24,25,27);1H. The Kier molecular flexibility index (Phi) is 10.4. The molecule has 7 heteroatoms. The van der Waals surface area contributed by atoms with Gasteiger partial charge in [0.2, 0.25) is 0 Å². The molecular formula is C23H33IN4O2. The van der Waals surface area contributed by atoms with Crippen molar-refractivity contribution in [1.82, 2.24) is 15.6 Å². The number of nitrogens with one attached hydrogen (secondary N) is 2. The predicted octanol–water partition coefficient (Wildman–Crippen LogP) is 3.78. The van der Waals surface area contributed by atoms with Gasteiger partial charge in [0.05, 0.1) is 19.8 Å². The van der Waals surface area contributed by atoms with E-state index in [9.17, 15) is 0 Å². The summed E-state index contributed by atoms with van der Waals surface area (Å²) in [5, 5.41) is 6.72. The molecule has 0 amide bonds. The van der Waals surface area contributed by atoms with Crippen LogP contribution >= 0.6 is 24.0 Å². The molecule has 6 nitrogen and oxygen atoms in total. The van der Waals surface area contributed by atoms with Crippen LogP contribution in [0, 0.1) is 13.8 Å². The van der Waals surface area contributed by atoms with Crippen LogP contribution in [0.5, 0.6) is 5.75 Å². The number of ether oxygens (including phenoxy) is 2. The molecule has 1 atom stereocenters. The summed E-state index contributed by atoms with van der Waals surface area (Å²) >= 11 is 0. The van der Waals surface area contributed by atoms with Gasteiger partial charge in [-0.3, -0.25) is 4.98 Å². The highest BCUT2D eigenvalue weighted by Crippen LogP contribution is 2.24. The summed E-state index contributed by atoms with van der Waals surface area (Å²) in [5.74, 6) is 1.72. The van der Waals surface area contributed by atoms with E-state index >= 15 is 0 Å². The van der Waals surface area contributed by atoms with Gasteiger partial charge in [0, 0.05) is 37.0 Å². The Morgan fingerprint density at radius 3 is 2.80 bits per heavy atom. The zero-order chi connectivity index (χ0) is 20.5. The summed E-state index contributed by atoms with van der Waals surface area (Å²) < 4.78 is 11.6. The fourth-order valence-electron chi connectivity index (χ4n) is 3.17. The Balaban J connectivity index is 0.00000320. The number of nitrogens with zero attached hydrogens (tertiary/aromatic N) is 2. The molecule has 1 fully saturated rings. The van der Waals surface area contributed by atoms with Crippen molar-refractivity contribution in [2.45, 2.75) is 46.3 Å². The number of rotatable bonds is 8. The first-order valence-corrected chi connectivity index (χ1v) is 10.4. The number of aryl methyl sites for hydroxylation is 2. The van der Waals surface area contributed by atoms with E-state index in [1.807, 2.05) is 19.2 Å². The molecular weight excluding hydrogens is 491 g/mol. The summed E-state index contributed by atoms with van der Waals surface area (Å²) in [6.45, 7) is 9.76. The molecule has 1 saturated heterocycles. The summed E-state index contributed by atoms with van der Waals surface area (Å²) in [7, 11) is 0. The first kappa shape index (κ1) is 24.4. The maximum atomic E-state index is 6.19. The molecule has 1 aromatic carbocycles. The second-order valence-corrected chi connectivity index (χ2v) is 7.39. The number of benzene rings is 1. The van der Waals surface area contributed by atoms with Crippen molar-refractivity contribution in [3.8, 4) is 5.75 Å². The van der Waals surface area contributed by atoms with Crippen LogP contribution in [0.4, 0.5) is 0 Å². The minimum absolute atomic E-state index is 0. The first-order valence-electron chi connectivity index (χ1n) is 10.4. The minimum Gasteiger partial charge on any atom is -0.488 e. The van der Waals surface area contributed by atoms with Gasteiger partial charge >= 0.3 is 0 Å². The third-order valence-corrected chi connectivity index (χ3v) is 4.83. The molecule has 0 bridgehead atoms. The van der Waals surface area contributed by atoms with Crippen molar-refractivity contribution < 1.29 is 9.47 Å². The number of guanidine groups is 1. The molecule has 0 aliphatic carbocycles. The van der Waals surface area contributed by atoms with Gasteiger partial charge < -0.3 is 20.1 Å². The number of pyridine rings is 1. The van der Waals surface area contributed by atoms with Crippen molar-refractivity contribution >= 4 is 29.9 Å². The highest BCUT2D eigenvalue weighted by atomic mass is 127. The van der Waals surface area contributed by atoms with Gasteiger partial charge in [0.15, 0.2) is 5.96 Å². The molecule has 1 aliphatic heterocycles. The topological polar surface area (TPSA) is 67.8 Å². The molecule has 164 valence electrons. The lowest BCUT2D eigenvalue weighted by Crippen LogP contribution is -2.38. The second kappa shape index (κ2) is 12.7. The average Bonchev–Trinajstić information content (AvgIpc) is 3.22. The molecule has 2 heterocycles. The highest BCUT2D eigenvalue weighted by Gasteiger charge is 2.18. The lowest BCUT2D eigenvalue weighted by Gasteiger charge is -2.16. The molecule has 2 aromatic rings. The molecule has 30 heavy (non-hydrogen) atoms. The highest BCUT2D eigenvalue weighted by molar-refractivity contribution is 14.0. The van der Waals surface area contributed by atoms with Crippen LogP contribution in [0.1, 0.15) is 35.7 Å². The predicted molar refractivity (Wildman–Crippen MR) is 132 cm³/mol. The maximum absolute atomic E-state index is 6.19.